The van der Waals surface area contributed by atoms with Crippen molar-refractivity contribution in [1.82, 2.24) is 0 Å². The monoisotopic (exact) mass is 330 g/mol. The van der Waals surface area contributed by atoms with E-state index in [1.165, 1.54) is 6.07 Å². The Hall–Kier alpha value is -0.613. The molecular weight excluding hydrogens is 311 g/mol. The van der Waals surface area contributed by atoms with E-state index in [0.29, 0.717) is 10.2 Å². The molecule has 0 aliphatic heterocycles. The van der Waals surface area contributed by atoms with Crippen molar-refractivity contribution in [2.45, 2.75) is 38.9 Å². The average Bonchev–Trinajstić information content (AvgIpc) is 2.19. The zero-order chi connectivity index (χ0) is 14.1. The molecule has 0 amide bonds. The molecular formula is C14H20BrFOSi. The molecule has 0 N–H and O–H groups in total. The first-order valence-corrected chi connectivity index (χ1v) is 9.58. The van der Waals surface area contributed by atoms with Crippen molar-refractivity contribution in [2.24, 2.45) is 0 Å². The smallest absolute Gasteiger partial charge is 0.250 e. The van der Waals surface area contributed by atoms with Crippen LogP contribution in [0.5, 0.6) is 0 Å². The van der Waals surface area contributed by atoms with Gasteiger partial charge in [-0.15, -0.1) is 0 Å². The molecule has 0 spiro atoms. The molecule has 0 unspecified atom stereocenters. The van der Waals surface area contributed by atoms with Gasteiger partial charge in [0, 0.05) is 5.56 Å². The van der Waals surface area contributed by atoms with E-state index in [4.69, 9.17) is 4.43 Å². The summed E-state index contributed by atoms with van der Waals surface area (Å²) in [6, 6.07) is 4.81. The summed E-state index contributed by atoms with van der Waals surface area (Å²) in [7, 11) is -1.89. The molecule has 1 aromatic carbocycles. The zero-order valence-corrected chi connectivity index (χ0v) is 14.2. The quantitative estimate of drug-likeness (QED) is 0.519. The third-order valence-electron chi connectivity index (χ3n) is 3.43. The lowest BCUT2D eigenvalue weighted by Gasteiger charge is -2.37. The lowest BCUT2D eigenvalue weighted by atomic mass is 10.2. The van der Waals surface area contributed by atoms with E-state index in [2.05, 4.69) is 56.4 Å². The molecule has 100 valence electrons. The molecule has 0 saturated heterocycles. The minimum absolute atomic E-state index is 0.118. The van der Waals surface area contributed by atoms with E-state index < -0.39 is 8.32 Å². The molecule has 0 radical (unpaired) electrons. The third-order valence-corrected chi connectivity index (χ3v) is 8.40. The Labute approximate surface area is 118 Å². The number of halogens is 2. The summed E-state index contributed by atoms with van der Waals surface area (Å²) in [6.45, 7) is 14.8. The van der Waals surface area contributed by atoms with Crippen molar-refractivity contribution in [3.63, 3.8) is 0 Å². The van der Waals surface area contributed by atoms with Gasteiger partial charge >= 0.3 is 0 Å². The predicted molar refractivity (Wildman–Crippen MR) is 81.4 cm³/mol. The lowest BCUT2D eigenvalue weighted by Crippen LogP contribution is -2.40. The topological polar surface area (TPSA) is 9.23 Å². The second kappa shape index (κ2) is 5.17. The SMILES string of the molecule is C=C(O[Si](C)(C)C(C)(C)C)c1ccc(F)c(Br)c1. The van der Waals surface area contributed by atoms with Gasteiger partial charge in [0.05, 0.1) is 4.47 Å². The van der Waals surface area contributed by atoms with E-state index in [9.17, 15) is 4.39 Å². The fourth-order valence-corrected chi connectivity index (χ4v) is 2.61. The van der Waals surface area contributed by atoms with Gasteiger partial charge in [-0.2, -0.15) is 0 Å². The Bertz CT molecular complexity index is 463. The minimum Gasteiger partial charge on any atom is -0.543 e. The van der Waals surface area contributed by atoms with Crippen molar-refractivity contribution in [1.29, 1.82) is 0 Å². The van der Waals surface area contributed by atoms with Gasteiger partial charge in [0.2, 0.25) is 8.32 Å². The molecule has 1 aromatic rings. The lowest BCUT2D eigenvalue weighted by molar-refractivity contribution is 0.459. The summed E-state index contributed by atoms with van der Waals surface area (Å²) in [5.41, 5.74) is 0.813. The third kappa shape index (κ3) is 3.45. The highest BCUT2D eigenvalue weighted by molar-refractivity contribution is 9.10. The van der Waals surface area contributed by atoms with Crippen LogP contribution in [0.3, 0.4) is 0 Å². The first-order valence-electron chi connectivity index (χ1n) is 5.88. The van der Waals surface area contributed by atoms with Gasteiger partial charge < -0.3 is 4.43 Å². The molecule has 0 fully saturated rings. The summed E-state index contributed by atoms with van der Waals surface area (Å²) in [4.78, 5) is 0. The van der Waals surface area contributed by atoms with Crippen LogP contribution in [0.2, 0.25) is 18.1 Å². The Morgan fingerprint density at radius 1 is 1.33 bits per heavy atom. The van der Waals surface area contributed by atoms with Crippen molar-refractivity contribution in [3.8, 4) is 0 Å². The first-order chi connectivity index (χ1) is 8.04. The maximum Gasteiger partial charge on any atom is 0.250 e. The Morgan fingerprint density at radius 2 is 1.89 bits per heavy atom. The number of hydrogen-bond acceptors (Lipinski definition) is 1. The molecule has 18 heavy (non-hydrogen) atoms. The highest BCUT2D eigenvalue weighted by Gasteiger charge is 2.39. The number of benzene rings is 1. The van der Waals surface area contributed by atoms with Crippen LogP contribution in [0.25, 0.3) is 5.76 Å². The van der Waals surface area contributed by atoms with Gasteiger partial charge in [-0.1, -0.05) is 27.4 Å². The van der Waals surface area contributed by atoms with Crippen LogP contribution in [0, 0.1) is 5.82 Å². The molecule has 0 heterocycles. The van der Waals surface area contributed by atoms with E-state index in [1.54, 1.807) is 12.1 Å². The second-order valence-corrected chi connectivity index (χ2v) is 11.5. The molecule has 0 bridgehead atoms. The van der Waals surface area contributed by atoms with Gasteiger partial charge in [-0.05, 0) is 52.3 Å². The van der Waals surface area contributed by atoms with Gasteiger partial charge in [0.25, 0.3) is 0 Å². The summed E-state index contributed by atoms with van der Waals surface area (Å²) in [5.74, 6) is 0.334. The molecule has 1 rings (SSSR count). The van der Waals surface area contributed by atoms with Gasteiger partial charge in [0.15, 0.2) is 0 Å². The van der Waals surface area contributed by atoms with Crippen LogP contribution in [-0.2, 0) is 4.43 Å². The molecule has 0 aromatic heterocycles. The second-order valence-electron chi connectivity index (χ2n) is 5.91. The Balaban J connectivity index is 2.93. The van der Waals surface area contributed by atoms with Gasteiger partial charge in [-0.3, -0.25) is 0 Å². The van der Waals surface area contributed by atoms with E-state index in [1.807, 2.05) is 0 Å². The van der Waals surface area contributed by atoms with E-state index in [0.717, 1.165) is 5.56 Å². The largest absolute Gasteiger partial charge is 0.543 e. The minimum atomic E-state index is -1.89. The fourth-order valence-electron chi connectivity index (χ4n) is 1.19. The number of hydrogen-bond donors (Lipinski definition) is 0. The fraction of sp³-hybridized carbons (Fsp3) is 0.429. The first kappa shape index (κ1) is 15.4. The molecule has 0 saturated carbocycles. The van der Waals surface area contributed by atoms with Crippen molar-refractivity contribution < 1.29 is 8.82 Å². The van der Waals surface area contributed by atoms with Crippen LogP contribution in [0.15, 0.2) is 29.3 Å². The van der Waals surface area contributed by atoms with Crippen LogP contribution in [-0.4, -0.2) is 8.32 Å². The van der Waals surface area contributed by atoms with Crippen LogP contribution >= 0.6 is 15.9 Å². The normalized spacial score (nSPS) is 12.4. The van der Waals surface area contributed by atoms with Gasteiger partial charge in [0.1, 0.15) is 11.6 Å². The maximum absolute atomic E-state index is 13.2. The molecule has 0 aliphatic rings. The number of rotatable bonds is 3. The van der Waals surface area contributed by atoms with Crippen molar-refractivity contribution >= 4 is 30.0 Å². The molecule has 1 nitrogen and oxygen atoms in total. The van der Waals surface area contributed by atoms with Crippen molar-refractivity contribution in [3.05, 3.63) is 40.6 Å². The van der Waals surface area contributed by atoms with E-state index >= 15 is 0 Å². The Morgan fingerprint density at radius 3 is 2.33 bits per heavy atom. The van der Waals surface area contributed by atoms with Crippen LogP contribution in [0.4, 0.5) is 4.39 Å². The summed E-state index contributed by atoms with van der Waals surface area (Å²) >= 11 is 3.17. The standard InChI is InChI=1S/C14H20BrFOSi/c1-10(17-18(5,6)14(2,3)4)11-7-8-13(16)12(15)9-11/h7-9H,1H2,2-6H3. The predicted octanol–water partition coefficient (Wildman–Crippen LogP) is 5.58. The summed E-state index contributed by atoms with van der Waals surface area (Å²) in [5, 5.41) is 0.118. The highest BCUT2D eigenvalue weighted by Crippen LogP contribution is 2.39. The maximum atomic E-state index is 13.2. The zero-order valence-electron chi connectivity index (χ0n) is 11.6. The average molecular weight is 331 g/mol. The highest BCUT2D eigenvalue weighted by atomic mass is 79.9. The molecule has 4 heteroatoms. The molecule has 0 atom stereocenters. The van der Waals surface area contributed by atoms with Crippen LogP contribution in [0.1, 0.15) is 26.3 Å². The molecule has 0 aliphatic carbocycles. The van der Waals surface area contributed by atoms with Crippen LogP contribution < -0.4 is 0 Å². The summed E-state index contributed by atoms with van der Waals surface area (Å²) < 4.78 is 19.7. The van der Waals surface area contributed by atoms with Crippen molar-refractivity contribution in [2.75, 3.05) is 0 Å². The summed E-state index contributed by atoms with van der Waals surface area (Å²) in [6.07, 6.45) is 0. The van der Waals surface area contributed by atoms with E-state index in [-0.39, 0.29) is 10.9 Å². The van der Waals surface area contributed by atoms with Gasteiger partial charge in [-0.25, -0.2) is 4.39 Å². The Kier molecular flexibility index (Phi) is 4.44.